The van der Waals surface area contributed by atoms with Crippen LogP contribution < -0.4 is 10.2 Å². The first-order chi connectivity index (χ1) is 10.4. The lowest BCUT2D eigenvalue weighted by molar-refractivity contribution is 0.277. The van der Waals surface area contributed by atoms with Crippen LogP contribution in [0, 0.1) is 5.92 Å². The largest absolute Gasteiger partial charge is 0.370 e. The molecule has 1 aliphatic heterocycles. The molecule has 1 saturated heterocycles. The van der Waals surface area contributed by atoms with Crippen LogP contribution in [0.1, 0.15) is 51.0 Å². The molecule has 2 fully saturated rings. The number of nitrogens with zero attached hydrogens (tertiary/aromatic N) is 1. The van der Waals surface area contributed by atoms with Gasteiger partial charge in [-0.2, -0.15) is 0 Å². The third-order valence-electron chi connectivity index (χ3n) is 5.36. The Balaban J connectivity index is 1.75. The van der Waals surface area contributed by atoms with Gasteiger partial charge in [0.25, 0.3) is 0 Å². The average Bonchev–Trinajstić information content (AvgIpc) is 2.81. The smallest absolute Gasteiger partial charge is 0.0399 e. The number of nitrogens with one attached hydrogen (secondary N) is 1. The van der Waals surface area contributed by atoms with E-state index in [2.05, 4.69) is 41.4 Å². The van der Waals surface area contributed by atoms with Gasteiger partial charge < -0.3 is 10.2 Å². The third kappa shape index (κ3) is 3.60. The fraction of sp³-hybridized carbons (Fsp3) is 0.684. The van der Waals surface area contributed by atoms with Gasteiger partial charge in [0.1, 0.15) is 0 Å². The summed E-state index contributed by atoms with van der Waals surface area (Å²) in [4.78, 5) is 2.65. The Bertz CT molecular complexity index is 437. The van der Waals surface area contributed by atoms with Gasteiger partial charge in [-0.25, -0.2) is 0 Å². The van der Waals surface area contributed by atoms with Crippen molar-refractivity contribution in [2.45, 2.75) is 57.9 Å². The zero-order valence-electron chi connectivity index (χ0n) is 13.5. The Morgan fingerprint density at radius 3 is 2.71 bits per heavy atom. The number of benzene rings is 1. The summed E-state index contributed by atoms with van der Waals surface area (Å²) in [5.74, 6) is 0.896. The highest BCUT2D eigenvalue weighted by Gasteiger charge is 2.27. The van der Waals surface area contributed by atoms with Gasteiger partial charge in [0, 0.05) is 24.8 Å². The van der Waals surface area contributed by atoms with Gasteiger partial charge in [-0.05, 0) is 49.8 Å². The first-order valence-corrected chi connectivity index (χ1v) is 8.94. The zero-order chi connectivity index (χ0) is 14.5. The lowest BCUT2D eigenvalue weighted by Gasteiger charge is -2.34. The average molecular weight is 286 g/mol. The van der Waals surface area contributed by atoms with Crippen LogP contribution >= 0.6 is 0 Å². The van der Waals surface area contributed by atoms with Gasteiger partial charge in [0.05, 0.1) is 0 Å². The van der Waals surface area contributed by atoms with E-state index < -0.39 is 0 Å². The summed E-state index contributed by atoms with van der Waals surface area (Å²) in [7, 11) is 0. The van der Waals surface area contributed by atoms with E-state index >= 15 is 0 Å². The lowest BCUT2D eigenvalue weighted by atomic mass is 9.83. The minimum absolute atomic E-state index is 0.692. The highest BCUT2D eigenvalue weighted by molar-refractivity contribution is 5.54. The molecule has 0 amide bonds. The zero-order valence-corrected chi connectivity index (χ0v) is 13.5. The van der Waals surface area contributed by atoms with Gasteiger partial charge in [-0.15, -0.1) is 0 Å². The molecule has 1 heterocycles. The second-order valence-electron chi connectivity index (χ2n) is 6.74. The van der Waals surface area contributed by atoms with Crippen LogP contribution in [0.3, 0.4) is 0 Å². The Kier molecular flexibility index (Phi) is 5.18. The molecule has 0 bridgehead atoms. The van der Waals surface area contributed by atoms with Crippen LogP contribution in [0.5, 0.6) is 0 Å². The summed E-state index contributed by atoms with van der Waals surface area (Å²) in [5.41, 5.74) is 2.98. The molecule has 0 radical (unpaired) electrons. The summed E-state index contributed by atoms with van der Waals surface area (Å²) in [6, 6.07) is 9.68. The van der Waals surface area contributed by atoms with E-state index in [-0.39, 0.29) is 0 Å². The number of rotatable bonds is 3. The van der Waals surface area contributed by atoms with Crippen molar-refractivity contribution in [2.24, 2.45) is 5.92 Å². The molecule has 1 unspecified atom stereocenters. The number of para-hydroxylation sites is 1. The van der Waals surface area contributed by atoms with Crippen LogP contribution in [-0.2, 0) is 6.42 Å². The predicted octanol–water partition coefficient (Wildman–Crippen LogP) is 4.00. The van der Waals surface area contributed by atoms with E-state index in [1.54, 1.807) is 0 Å². The fourth-order valence-corrected chi connectivity index (χ4v) is 4.14. The maximum atomic E-state index is 3.85. The lowest BCUT2D eigenvalue weighted by Crippen LogP contribution is -2.44. The van der Waals surface area contributed by atoms with Crippen molar-refractivity contribution in [1.29, 1.82) is 0 Å². The highest BCUT2D eigenvalue weighted by Crippen LogP contribution is 2.29. The number of aryl methyl sites for hydroxylation is 1. The standard InChI is InChI=1S/C19H30N2/c1-2-16-9-6-7-12-19(16)21-14-8-13-20-18(15-21)17-10-4-3-5-11-17/h6-7,9,12,17-18,20H,2-5,8,10-11,13-15H2,1H3. The SMILES string of the molecule is CCc1ccccc1N1CCCNC(C2CCCCC2)C1. The maximum Gasteiger partial charge on any atom is 0.0399 e. The van der Waals surface area contributed by atoms with Crippen molar-refractivity contribution in [3.63, 3.8) is 0 Å². The Morgan fingerprint density at radius 2 is 1.90 bits per heavy atom. The molecule has 21 heavy (non-hydrogen) atoms. The Hall–Kier alpha value is -1.02. The molecule has 1 atom stereocenters. The summed E-state index contributed by atoms with van der Waals surface area (Å²) >= 11 is 0. The van der Waals surface area contributed by atoms with Crippen molar-refractivity contribution in [2.75, 3.05) is 24.5 Å². The van der Waals surface area contributed by atoms with E-state index in [0.717, 1.165) is 12.3 Å². The van der Waals surface area contributed by atoms with E-state index in [1.165, 1.54) is 69.4 Å². The second kappa shape index (κ2) is 7.31. The van der Waals surface area contributed by atoms with Gasteiger partial charge in [-0.3, -0.25) is 0 Å². The molecule has 116 valence electrons. The van der Waals surface area contributed by atoms with Gasteiger partial charge in [0.2, 0.25) is 0 Å². The van der Waals surface area contributed by atoms with Gasteiger partial charge in [0.15, 0.2) is 0 Å². The first kappa shape index (κ1) is 14.9. The van der Waals surface area contributed by atoms with Crippen LogP contribution in [0.15, 0.2) is 24.3 Å². The van der Waals surface area contributed by atoms with E-state index in [0.29, 0.717) is 6.04 Å². The molecule has 1 aromatic carbocycles. The summed E-state index contributed by atoms with van der Waals surface area (Å²) < 4.78 is 0. The normalized spacial score (nSPS) is 24.8. The van der Waals surface area contributed by atoms with Crippen molar-refractivity contribution in [3.8, 4) is 0 Å². The first-order valence-electron chi connectivity index (χ1n) is 8.94. The minimum atomic E-state index is 0.692. The monoisotopic (exact) mass is 286 g/mol. The molecule has 0 spiro atoms. The van der Waals surface area contributed by atoms with Gasteiger partial charge >= 0.3 is 0 Å². The quantitative estimate of drug-likeness (QED) is 0.903. The van der Waals surface area contributed by atoms with E-state index in [4.69, 9.17) is 0 Å². The second-order valence-corrected chi connectivity index (χ2v) is 6.74. The number of anilines is 1. The molecular formula is C19H30N2. The summed E-state index contributed by atoms with van der Waals surface area (Å²) in [5, 5.41) is 3.85. The molecule has 1 N–H and O–H groups in total. The molecule has 3 rings (SSSR count). The predicted molar refractivity (Wildman–Crippen MR) is 91.0 cm³/mol. The molecule has 2 heteroatoms. The fourth-order valence-electron chi connectivity index (χ4n) is 4.14. The minimum Gasteiger partial charge on any atom is -0.370 e. The van der Waals surface area contributed by atoms with Crippen LogP contribution in [-0.4, -0.2) is 25.7 Å². The molecule has 1 aliphatic carbocycles. The van der Waals surface area contributed by atoms with Crippen LogP contribution in [0.2, 0.25) is 0 Å². The number of hydrogen-bond acceptors (Lipinski definition) is 2. The molecule has 2 nitrogen and oxygen atoms in total. The maximum absolute atomic E-state index is 3.85. The Morgan fingerprint density at radius 1 is 1.10 bits per heavy atom. The van der Waals surface area contributed by atoms with Gasteiger partial charge in [-0.1, -0.05) is 44.4 Å². The summed E-state index contributed by atoms with van der Waals surface area (Å²) in [6.45, 7) is 5.86. The molecular weight excluding hydrogens is 256 g/mol. The third-order valence-corrected chi connectivity index (χ3v) is 5.36. The van der Waals surface area contributed by atoms with E-state index in [1.807, 2.05) is 0 Å². The Labute approximate surface area is 129 Å². The van der Waals surface area contributed by atoms with Crippen LogP contribution in [0.25, 0.3) is 0 Å². The molecule has 1 aromatic rings. The van der Waals surface area contributed by atoms with Crippen molar-refractivity contribution >= 4 is 5.69 Å². The van der Waals surface area contributed by atoms with Crippen molar-refractivity contribution < 1.29 is 0 Å². The highest BCUT2D eigenvalue weighted by atomic mass is 15.2. The van der Waals surface area contributed by atoms with Crippen molar-refractivity contribution in [1.82, 2.24) is 5.32 Å². The number of hydrogen-bond donors (Lipinski definition) is 1. The van der Waals surface area contributed by atoms with E-state index in [9.17, 15) is 0 Å². The summed E-state index contributed by atoms with van der Waals surface area (Å²) in [6.07, 6.45) is 9.59. The van der Waals surface area contributed by atoms with Crippen molar-refractivity contribution in [3.05, 3.63) is 29.8 Å². The molecule has 1 saturated carbocycles. The molecule has 0 aromatic heterocycles. The molecule has 2 aliphatic rings. The van der Waals surface area contributed by atoms with Crippen LogP contribution in [0.4, 0.5) is 5.69 Å². The topological polar surface area (TPSA) is 15.3 Å².